The molecule has 0 amide bonds. The second kappa shape index (κ2) is 10.8. The van der Waals surface area contributed by atoms with Crippen molar-refractivity contribution in [2.75, 3.05) is 33.9 Å². The zero-order chi connectivity index (χ0) is 23.1. The fourth-order valence-corrected chi connectivity index (χ4v) is 3.33. The zero-order valence-corrected chi connectivity index (χ0v) is 18.7. The summed E-state index contributed by atoms with van der Waals surface area (Å²) in [5.41, 5.74) is 2.94. The number of ether oxygens (including phenoxy) is 2. The molecule has 170 valence electrons. The van der Waals surface area contributed by atoms with Gasteiger partial charge in [0.1, 0.15) is 0 Å². The van der Waals surface area contributed by atoms with Gasteiger partial charge in [-0.05, 0) is 76.3 Å². The highest BCUT2D eigenvalue weighted by Crippen LogP contribution is 2.24. The summed E-state index contributed by atoms with van der Waals surface area (Å²) >= 11 is 0. The van der Waals surface area contributed by atoms with Gasteiger partial charge in [-0.1, -0.05) is 12.1 Å². The molecule has 1 heterocycles. The number of hydrogen-bond acceptors (Lipinski definition) is 6. The molecule has 0 spiro atoms. The van der Waals surface area contributed by atoms with Crippen LogP contribution in [0.25, 0.3) is 11.0 Å². The van der Waals surface area contributed by atoms with Crippen molar-refractivity contribution < 1.29 is 24.2 Å². The van der Waals surface area contributed by atoms with Gasteiger partial charge in [0.05, 0.1) is 41.9 Å². The fraction of sp³-hybridized carbons (Fsp3) is 0.375. The lowest BCUT2D eigenvalue weighted by Crippen LogP contribution is -2.14. The summed E-state index contributed by atoms with van der Waals surface area (Å²) in [6.07, 6.45) is 1.80. The first-order valence-corrected chi connectivity index (χ1v) is 10.7. The molecular weight excluding hydrogens is 410 g/mol. The minimum atomic E-state index is -0.998. The number of rotatable bonds is 11. The normalized spacial score (nSPS) is 11.1. The SMILES string of the molecule is CCOc1nc2ccc(C(=O)O)cc2n1Cc1ccc(C(=O)OCCCCN(C)C)cc1. The molecule has 0 unspecified atom stereocenters. The van der Waals surface area contributed by atoms with E-state index >= 15 is 0 Å². The lowest BCUT2D eigenvalue weighted by atomic mass is 10.1. The lowest BCUT2D eigenvalue weighted by molar-refractivity contribution is 0.0496. The van der Waals surface area contributed by atoms with Crippen LogP contribution < -0.4 is 4.74 Å². The average molecular weight is 440 g/mol. The first kappa shape index (κ1) is 23.3. The molecule has 3 aromatic rings. The Morgan fingerprint density at radius 2 is 1.78 bits per heavy atom. The van der Waals surface area contributed by atoms with Crippen LogP contribution in [0.4, 0.5) is 0 Å². The number of imidazole rings is 1. The summed E-state index contributed by atoms with van der Waals surface area (Å²) in [5.74, 6) is -1.34. The minimum Gasteiger partial charge on any atom is -0.478 e. The van der Waals surface area contributed by atoms with Crippen LogP contribution in [0.15, 0.2) is 42.5 Å². The summed E-state index contributed by atoms with van der Waals surface area (Å²) in [6.45, 7) is 4.10. The number of carbonyl (C=O) groups excluding carboxylic acids is 1. The topological polar surface area (TPSA) is 93.9 Å². The number of nitrogens with zero attached hydrogens (tertiary/aromatic N) is 3. The Morgan fingerprint density at radius 1 is 1.06 bits per heavy atom. The summed E-state index contributed by atoms with van der Waals surface area (Å²) in [6, 6.07) is 12.4. The van der Waals surface area contributed by atoms with E-state index < -0.39 is 5.97 Å². The van der Waals surface area contributed by atoms with E-state index in [4.69, 9.17) is 9.47 Å². The van der Waals surface area contributed by atoms with Crippen LogP contribution in [0, 0.1) is 0 Å². The van der Waals surface area contributed by atoms with Crippen LogP contribution in [-0.4, -0.2) is 65.3 Å². The average Bonchev–Trinajstić information content (AvgIpc) is 3.10. The van der Waals surface area contributed by atoms with Gasteiger partial charge in [-0.15, -0.1) is 0 Å². The molecule has 0 fully saturated rings. The molecule has 0 bridgehead atoms. The van der Waals surface area contributed by atoms with Crippen molar-refractivity contribution in [2.24, 2.45) is 0 Å². The Hall–Kier alpha value is -3.39. The van der Waals surface area contributed by atoms with E-state index in [9.17, 15) is 14.7 Å². The van der Waals surface area contributed by atoms with E-state index in [0.29, 0.717) is 42.4 Å². The van der Waals surface area contributed by atoms with E-state index in [1.54, 1.807) is 24.3 Å². The summed E-state index contributed by atoms with van der Waals surface area (Å²) in [4.78, 5) is 30.2. The number of carboxylic acids is 1. The molecule has 0 atom stereocenters. The Kier molecular flexibility index (Phi) is 7.83. The van der Waals surface area contributed by atoms with E-state index in [0.717, 1.165) is 24.9 Å². The molecule has 0 saturated carbocycles. The molecule has 2 aromatic carbocycles. The first-order valence-electron chi connectivity index (χ1n) is 10.7. The Balaban J connectivity index is 1.71. The van der Waals surface area contributed by atoms with E-state index in [-0.39, 0.29) is 11.5 Å². The third-order valence-corrected chi connectivity index (χ3v) is 5.00. The van der Waals surface area contributed by atoms with Crippen molar-refractivity contribution in [3.8, 4) is 6.01 Å². The largest absolute Gasteiger partial charge is 0.478 e. The standard InChI is InChI=1S/C24H29N3O5/c1-4-31-24-25-20-12-11-19(22(28)29)15-21(20)27(24)16-17-7-9-18(10-8-17)23(30)32-14-6-5-13-26(2)3/h7-12,15H,4-6,13-14,16H2,1-3H3,(H,28,29). The van der Waals surface area contributed by atoms with Crippen molar-refractivity contribution in [2.45, 2.75) is 26.3 Å². The van der Waals surface area contributed by atoms with Gasteiger partial charge in [0.2, 0.25) is 0 Å². The number of benzene rings is 2. The molecule has 0 aliphatic heterocycles. The quantitative estimate of drug-likeness (QED) is 0.360. The van der Waals surface area contributed by atoms with E-state index in [1.165, 1.54) is 6.07 Å². The highest BCUT2D eigenvalue weighted by Gasteiger charge is 2.15. The van der Waals surface area contributed by atoms with Gasteiger partial charge < -0.3 is 19.5 Å². The molecule has 8 heteroatoms. The molecule has 0 saturated heterocycles. The molecule has 0 radical (unpaired) electrons. The second-order valence-corrected chi connectivity index (χ2v) is 7.77. The van der Waals surface area contributed by atoms with Crippen molar-refractivity contribution in [1.29, 1.82) is 0 Å². The van der Waals surface area contributed by atoms with Crippen molar-refractivity contribution >= 4 is 23.0 Å². The minimum absolute atomic E-state index is 0.186. The van der Waals surface area contributed by atoms with Crippen LogP contribution in [-0.2, 0) is 11.3 Å². The number of aromatic nitrogens is 2. The predicted molar refractivity (Wildman–Crippen MR) is 121 cm³/mol. The number of esters is 1. The third kappa shape index (κ3) is 5.85. The Morgan fingerprint density at radius 3 is 2.44 bits per heavy atom. The first-order chi connectivity index (χ1) is 15.4. The fourth-order valence-electron chi connectivity index (χ4n) is 3.33. The van der Waals surface area contributed by atoms with Gasteiger partial charge in [0.15, 0.2) is 0 Å². The summed E-state index contributed by atoms with van der Waals surface area (Å²) in [7, 11) is 4.03. The summed E-state index contributed by atoms with van der Waals surface area (Å²) in [5, 5.41) is 9.33. The van der Waals surface area contributed by atoms with Gasteiger partial charge in [-0.3, -0.25) is 4.57 Å². The van der Waals surface area contributed by atoms with Crippen LogP contribution in [0.3, 0.4) is 0 Å². The zero-order valence-electron chi connectivity index (χ0n) is 18.7. The third-order valence-electron chi connectivity index (χ3n) is 5.00. The Labute approximate surface area is 187 Å². The molecular formula is C24H29N3O5. The smallest absolute Gasteiger partial charge is 0.338 e. The van der Waals surface area contributed by atoms with Gasteiger partial charge in [0.25, 0.3) is 6.01 Å². The molecule has 32 heavy (non-hydrogen) atoms. The number of unbranched alkanes of at least 4 members (excludes halogenated alkanes) is 1. The Bertz CT molecular complexity index is 1070. The lowest BCUT2D eigenvalue weighted by Gasteiger charge is -2.11. The highest BCUT2D eigenvalue weighted by molar-refractivity contribution is 5.92. The monoisotopic (exact) mass is 439 g/mol. The second-order valence-electron chi connectivity index (χ2n) is 7.77. The van der Waals surface area contributed by atoms with Crippen molar-refractivity contribution in [1.82, 2.24) is 14.5 Å². The van der Waals surface area contributed by atoms with Gasteiger partial charge >= 0.3 is 11.9 Å². The number of carboxylic acid groups (broad SMARTS) is 1. The maximum absolute atomic E-state index is 12.3. The van der Waals surface area contributed by atoms with Crippen LogP contribution in [0.2, 0.25) is 0 Å². The molecule has 1 aromatic heterocycles. The molecule has 0 aliphatic rings. The van der Waals surface area contributed by atoms with Crippen molar-refractivity contribution in [3.05, 3.63) is 59.2 Å². The maximum Gasteiger partial charge on any atom is 0.338 e. The number of carbonyl (C=O) groups is 2. The number of fused-ring (bicyclic) bond motifs is 1. The van der Waals surface area contributed by atoms with Gasteiger partial charge in [-0.25, -0.2) is 9.59 Å². The maximum atomic E-state index is 12.3. The molecule has 0 aliphatic carbocycles. The van der Waals surface area contributed by atoms with Crippen LogP contribution in [0.1, 0.15) is 46.0 Å². The van der Waals surface area contributed by atoms with Crippen molar-refractivity contribution in [3.63, 3.8) is 0 Å². The van der Waals surface area contributed by atoms with E-state index in [1.807, 2.05) is 37.7 Å². The van der Waals surface area contributed by atoms with Crippen LogP contribution >= 0.6 is 0 Å². The number of aromatic carboxylic acids is 1. The molecule has 8 nitrogen and oxygen atoms in total. The predicted octanol–water partition coefficient (Wildman–Crippen LogP) is 3.68. The van der Waals surface area contributed by atoms with E-state index in [2.05, 4.69) is 9.88 Å². The highest BCUT2D eigenvalue weighted by atomic mass is 16.5. The van der Waals surface area contributed by atoms with Gasteiger partial charge in [-0.2, -0.15) is 4.98 Å². The molecule has 3 rings (SSSR count). The van der Waals surface area contributed by atoms with Crippen LogP contribution in [0.5, 0.6) is 6.01 Å². The molecule has 1 N–H and O–H groups in total. The summed E-state index contributed by atoms with van der Waals surface area (Å²) < 4.78 is 12.9. The number of hydrogen-bond donors (Lipinski definition) is 1. The van der Waals surface area contributed by atoms with Gasteiger partial charge in [0, 0.05) is 0 Å².